The van der Waals surface area contributed by atoms with E-state index in [0.717, 1.165) is 17.8 Å². The maximum atomic E-state index is 2.53. The summed E-state index contributed by atoms with van der Waals surface area (Å²) in [5.41, 5.74) is 5.12. The first-order valence-electron chi connectivity index (χ1n) is 17.4. The van der Waals surface area contributed by atoms with Crippen LogP contribution in [0.1, 0.15) is 157 Å². The van der Waals surface area contributed by atoms with Crippen molar-refractivity contribution < 1.29 is 0 Å². The van der Waals surface area contributed by atoms with Gasteiger partial charge in [0, 0.05) is 0 Å². The molecule has 0 aliphatic heterocycles. The van der Waals surface area contributed by atoms with E-state index in [0.29, 0.717) is 0 Å². The Bertz CT molecular complexity index is 828. The van der Waals surface area contributed by atoms with Crippen molar-refractivity contribution in [3.8, 4) is 0 Å². The van der Waals surface area contributed by atoms with Crippen LogP contribution in [0.4, 0.5) is 0 Å². The van der Waals surface area contributed by atoms with Crippen molar-refractivity contribution in [1.29, 1.82) is 0 Å². The monoisotopic (exact) mass is 562 g/mol. The molecule has 0 amide bonds. The Labute approximate surface area is 251 Å². The van der Waals surface area contributed by atoms with Crippen LogP contribution < -0.4 is 0 Å². The quantitative estimate of drug-likeness (QED) is 0.0964. The fourth-order valence-electron chi connectivity index (χ4n) is 7.03. The highest BCUT2D eigenvalue weighted by molar-refractivity contribution is 7.70. The molecule has 0 radical (unpaired) electrons. The molecule has 3 unspecified atom stereocenters. The van der Waals surface area contributed by atoms with Crippen LogP contribution in [0.5, 0.6) is 0 Å². The van der Waals surface area contributed by atoms with Gasteiger partial charge in [-0.05, 0) is 96.9 Å². The van der Waals surface area contributed by atoms with Crippen LogP contribution in [0.3, 0.4) is 0 Å². The highest BCUT2D eigenvalue weighted by Gasteiger charge is 2.32. The minimum atomic E-state index is -0.370. The summed E-state index contributed by atoms with van der Waals surface area (Å²) < 4.78 is 0. The lowest BCUT2D eigenvalue weighted by atomic mass is 9.96. The molecule has 3 rings (SSSR count). The third kappa shape index (κ3) is 10.3. The van der Waals surface area contributed by atoms with Crippen molar-refractivity contribution in [2.45, 2.75) is 157 Å². The molecule has 0 aromatic heterocycles. The molecule has 1 heteroatoms. The Hall–Kier alpha value is -1.13. The molecule has 0 saturated heterocycles. The normalized spacial score (nSPS) is 19.9. The molecule has 0 aromatic carbocycles. The lowest BCUT2D eigenvalue weighted by Gasteiger charge is -2.29. The second kappa shape index (κ2) is 18.4. The van der Waals surface area contributed by atoms with Gasteiger partial charge in [0.25, 0.3) is 0 Å². The number of allylic oxidation sites excluding steroid dienone is 12. The molecular weight excluding hydrogens is 499 g/mol. The van der Waals surface area contributed by atoms with Crippen LogP contribution in [-0.4, -0.2) is 0 Å². The van der Waals surface area contributed by atoms with Crippen molar-refractivity contribution >= 4 is 7.92 Å². The summed E-state index contributed by atoms with van der Waals surface area (Å²) in [6.45, 7) is 14.5. The minimum absolute atomic E-state index is 0.370. The molecule has 224 valence electrons. The van der Waals surface area contributed by atoms with Gasteiger partial charge in [-0.3, -0.25) is 0 Å². The third-order valence-electron chi connectivity index (χ3n) is 9.42. The maximum Gasteiger partial charge on any atom is -0.00809 e. The SMILES string of the molecule is CCCCCC(C)CC1=C(P(C2=C(CC(C)CCCCC)C=CC2)C2=C(CC(C)CCCCC)C=CC2)CC=C1. The molecule has 3 aliphatic rings. The zero-order valence-electron chi connectivity index (χ0n) is 27.4. The van der Waals surface area contributed by atoms with Gasteiger partial charge in [-0.1, -0.05) is 155 Å². The second-order valence-corrected chi connectivity index (χ2v) is 15.8. The number of unbranched alkanes of at least 4 members (excludes halogenated alkanes) is 6. The molecule has 0 aromatic rings. The Morgan fingerprint density at radius 2 is 0.800 bits per heavy atom. The van der Waals surface area contributed by atoms with Crippen LogP contribution in [0, 0.1) is 17.8 Å². The Balaban J connectivity index is 1.92. The van der Waals surface area contributed by atoms with Gasteiger partial charge in [-0.15, -0.1) is 0 Å². The summed E-state index contributed by atoms with van der Waals surface area (Å²) >= 11 is 0. The molecule has 0 fully saturated rings. The first-order chi connectivity index (χ1) is 19.5. The van der Waals surface area contributed by atoms with E-state index in [4.69, 9.17) is 0 Å². The third-order valence-corrected chi connectivity index (χ3v) is 12.4. The lowest BCUT2D eigenvalue weighted by Crippen LogP contribution is -2.02. The largest absolute Gasteiger partial charge is 0.0798 e. The highest BCUT2D eigenvalue weighted by Crippen LogP contribution is 2.68. The van der Waals surface area contributed by atoms with Crippen molar-refractivity contribution in [3.05, 3.63) is 69.1 Å². The molecule has 0 nitrogen and oxygen atoms in total. The maximum absolute atomic E-state index is 2.53. The van der Waals surface area contributed by atoms with Gasteiger partial charge in [0.2, 0.25) is 0 Å². The van der Waals surface area contributed by atoms with Gasteiger partial charge >= 0.3 is 0 Å². The first kappa shape index (κ1) is 33.4. The molecular formula is C39H63P. The van der Waals surface area contributed by atoms with E-state index >= 15 is 0 Å². The van der Waals surface area contributed by atoms with Gasteiger partial charge < -0.3 is 0 Å². The molecule has 3 atom stereocenters. The van der Waals surface area contributed by atoms with Gasteiger partial charge in [-0.25, -0.2) is 0 Å². The summed E-state index contributed by atoms with van der Waals surface area (Å²) in [5.74, 6) is 2.37. The van der Waals surface area contributed by atoms with Crippen LogP contribution in [0.15, 0.2) is 69.1 Å². The Morgan fingerprint density at radius 3 is 1.07 bits per heavy atom. The number of hydrogen-bond donors (Lipinski definition) is 0. The van der Waals surface area contributed by atoms with Crippen molar-refractivity contribution in [2.75, 3.05) is 0 Å². The standard InChI is InChI=1S/C39H63P/c1-7-10-13-19-31(4)28-34-22-16-25-37(34)40(38-26-17-23-35(38)29-32(5)20-14-11-8-2)39-27-18-24-36(39)30-33(6)21-15-12-9-3/h16-18,22-24,31-33H,7-15,19-21,25-30H2,1-6H3. The molecule has 0 N–H and O–H groups in total. The molecule has 40 heavy (non-hydrogen) atoms. The lowest BCUT2D eigenvalue weighted by molar-refractivity contribution is 0.494. The van der Waals surface area contributed by atoms with E-state index in [9.17, 15) is 0 Å². The zero-order chi connectivity index (χ0) is 28.7. The van der Waals surface area contributed by atoms with Gasteiger partial charge in [0.15, 0.2) is 0 Å². The Morgan fingerprint density at radius 1 is 0.500 bits per heavy atom. The smallest absolute Gasteiger partial charge is 0.00809 e. The van der Waals surface area contributed by atoms with E-state index in [1.54, 1.807) is 16.7 Å². The number of rotatable bonds is 21. The van der Waals surface area contributed by atoms with E-state index < -0.39 is 0 Å². The van der Waals surface area contributed by atoms with E-state index in [1.807, 2.05) is 15.9 Å². The van der Waals surface area contributed by atoms with Crippen LogP contribution >= 0.6 is 7.92 Å². The van der Waals surface area contributed by atoms with Crippen LogP contribution in [0.2, 0.25) is 0 Å². The average Bonchev–Trinajstić information content (AvgIpc) is 3.68. The summed E-state index contributed by atoms with van der Waals surface area (Å²) in [5, 5.41) is 5.46. The summed E-state index contributed by atoms with van der Waals surface area (Å²) in [7, 11) is -0.370. The van der Waals surface area contributed by atoms with Crippen molar-refractivity contribution in [2.24, 2.45) is 17.8 Å². The van der Waals surface area contributed by atoms with Gasteiger partial charge in [0.1, 0.15) is 0 Å². The van der Waals surface area contributed by atoms with Crippen LogP contribution in [-0.2, 0) is 0 Å². The van der Waals surface area contributed by atoms with Crippen molar-refractivity contribution in [3.63, 3.8) is 0 Å². The summed E-state index contributed by atoms with van der Waals surface area (Å²) in [4.78, 5) is 0. The summed E-state index contributed by atoms with van der Waals surface area (Å²) in [6, 6.07) is 0. The van der Waals surface area contributed by atoms with E-state index in [1.165, 1.54) is 116 Å². The number of hydrogen-bond acceptors (Lipinski definition) is 0. The van der Waals surface area contributed by atoms with Gasteiger partial charge in [-0.2, -0.15) is 0 Å². The highest BCUT2D eigenvalue weighted by atomic mass is 31.1. The minimum Gasteiger partial charge on any atom is -0.0798 e. The average molecular weight is 563 g/mol. The molecule has 0 bridgehead atoms. The summed E-state index contributed by atoms with van der Waals surface area (Å²) in [6.07, 6.45) is 39.0. The second-order valence-electron chi connectivity index (χ2n) is 13.5. The molecule has 0 saturated carbocycles. The van der Waals surface area contributed by atoms with Gasteiger partial charge in [0.05, 0.1) is 0 Å². The fourth-order valence-corrected chi connectivity index (χ4v) is 10.2. The predicted octanol–water partition coefficient (Wildman–Crippen LogP) is 13.9. The topological polar surface area (TPSA) is 0 Å². The molecule has 3 aliphatic carbocycles. The zero-order valence-corrected chi connectivity index (χ0v) is 28.3. The first-order valence-corrected chi connectivity index (χ1v) is 18.8. The fraction of sp³-hybridized carbons (Fsp3) is 0.692. The Kier molecular flexibility index (Phi) is 15.4. The molecule has 0 spiro atoms. The molecule has 0 heterocycles. The van der Waals surface area contributed by atoms with E-state index in [2.05, 4.69) is 78.0 Å². The predicted molar refractivity (Wildman–Crippen MR) is 183 cm³/mol. The van der Waals surface area contributed by atoms with Crippen LogP contribution in [0.25, 0.3) is 0 Å². The van der Waals surface area contributed by atoms with E-state index in [-0.39, 0.29) is 7.92 Å². The van der Waals surface area contributed by atoms with Crippen molar-refractivity contribution in [1.82, 2.24) is 0 Å².